The zero-order valence-corrected chi connectivity index (χ0v) is 11.7. The number of carbonyl (C=O) groups is 1. The molecule has 0 spiro atoms. The summed E-state index contributed by atoms with van der Waals surface area (Å²) < 4.78 is 0. The summed E-state index contributed by atoms with van der Waals surface area (Å²) in [6.45, 7) is 1.97. The number of pyridine rings is 2. The number of fused-ring (bicyclic) bond motifs is 1. The van der Waals surface area contributed by atoms with Crippen molar-refractivity contribution < 1.29 is 4.79 Å². The van der Waals surface area contributed by atoms with Gasteiger partial charge in [-0.1, -0.05) is 18.2 Å². The van der Waals surface area contributed by atoms with Gasteiger partial charge in [0, 0.05) is 35.2 Å². The number of benzene rings is 1. The summed E-state index contributed by atoms with van der Waals surface area (Å²) >= 11 is 0. The number of nitrogens with two attached hydrogens (primary N) is 1. The molecule has 0 aliphatic rings. The van der Waals surface area contributed by atoms with Gasteiger partial charge in [0.1, 0.15) is 0 Å². The Bertz CT molecular complexity index is 827. The first-order valence-corrected chi connectivity index (χ1v) is 6.71. The lowest BCUT2D eigenvalue weighted by molar-refractivity contribution is 0.0999. The van der Waals surface area contributed by atoms with E-state index in [9.17, 15) is 4.79 Å². The summed E-state index contributed by atoms with van der Waals surface area (Å²) in [5.74, 6) is -0.423. The minimum atomic E-state index is -0.423. The molecular weight excluding hydrogens is 262 g/mol. The first-order chi connectivity index (χ1) is 10.1. The molecule has 4 nitrogen and oxygen atoms in total. The van der Waals surface area contributed by atoms with Crippen molar-refractivity contribution in [2.75, 3.05) is 0 Å². The lowest BCUT2D eigenvalue weighted by Gasteiger charge is -2.07. The van der Waals surface area contributed by atoms with Gasteiger partial charge in [-0.3, -0.25) is 14.8 Å². The van der Waals surface area contributed by atoms with Gasteiger partial charge in [-0.2, -0.15) is 0 Å². The van der Waals surface area contributed by atoms with E-state index < -0.39 is 5.91 Å². The summed E-state index contributed by atoms with van der Waals surface area (Å²) in [5.41, 5.74) is 8.87. The fourth-order valence-electron chi connectivity index (χ4n) is 2.44. The fourth-order valence-corrected chi connectivity index (χ4v) is 2.44. The highest BCUT2D eigenvalue weighted by Gasteiger charge is 2.08. The largest absolute Gasteiger partial charge is 0.366 e. The highest BCUT2D eigenvalue weighted by Crippen LogP contribution is 2.19. The first kappa shape index (κ1) is 13.2. The van der Waals surface area contributed by atoms with Gasteiger partial charge in [0.15, 0.2) is 0 Å². The molecule has 3 aromatic rings. The number of amides is 1. The molecule has 0 fully saturated rings. The Morgan fingerprint density at radius 3 is 2.81 bits per heavy atom. The van der Waals surface area contributed by atoms with Gasteiger partial charge in [0.2, 0.25) is 5.91 Å². The third-order valence-electron chi connectivity index (χ3n) is 3.49. The van der Waals surface area contributed by atoms with Crippen LogP contribution in [-0.2, 0) is 6.42 Å². The minimum absolute atomic E-state index is 0.423. The van der Waals surface area contributed by atoms with E-state index in [2.05, 4.69) is 22.1 Å². The van der Waals surface area contributed by atoms with E-state index in [1.54, 1.807) is 18.5 Å². The van der Waals surface area contributed by atoms with Crippen LogP contribution in [-0.4, -0.2) is 15.9 Å². The van der Waals surface area contributed by atoms with Crippen molar-refractivity contribution in [1.82, 2.24) is 9.97 Å². The Kier molecular flexibility index (Phi) is 3.36. The molecule has 21 heavy (non-hydrogen) atoms. The van der Waals surface area contributed by atoms with E-state index in [1.807, 2.05) is 25.3 Å². The molecule has 0 radical (unpaired) electrons. The normalized spacial score (nSPS) is 10.7. The van der Waals surface area contributed by atoms with Crippen LogP contribution < -0.4 is 5.73 Å². The van der Waals surface area contributed by atoms with Gasteiger partial charge < -0.3 is 5.73 Å². The quantitative estimate of drug-likeness (QED) is 0.800. The van der Waals surface area contributed by atoms with Crippen molar-refractivity contribution in [2.24, 2.45) is 5.73 Å². The zero-order valence-electron chi connectivity index (χ0n) is 11.7. The van der Waals surface area contributed by atoms with Crippen LogP contribution in [0.2, 0.25) is 0 Å². The average Bonchev–Trinajstić information content (AvgIpc) is 2.47. The second-order valence-electron chi connectivity index (χ2n) is 5.08. The third-order valence-corrected chi connectivity index (χ3v) is 3.49. The van der Waals surface area contributed by atoms with Crippen molar-refractivity contribution in [1.29, 1.82) is 0 Å². The highest BCUT2D eigenvalue weighted by atomic mass is 16.1. The molecule has 0 atom stereocenters. The molecule has 0 unspecified atom stereocenters. The van der Waals surface area contributed by atoms with Crippen LogP contribution in [0.15, 0.2) is 48.9 Å². The standard InChI is InChI=1S/C17H15N3O/c1-11-6-14-7-12(2-3-13(14)10-20-11)8-15-9-19-5-4-16(15)17(18)21/h2-7,9-10H,8H2,1H3,(H2,18,21). The van der Waals surface area contributed by atoms with E-state index in [4.69, 9.17) is 5.73 Å². The van der Waals surface area contributed by atoms with Crippen LogP contribution in [0.25, 0.3) is 10.8 Å². The summed E-state index contributed by atoms with van der Waals surface area (Å²) in [4.78, 5) is 19.8. The smallest absolute Gasteiger partial charge is 0.249 e. The van der Waals surface area contributed by atoms with E-state index in [0.717, 1.165) is 27.6 Å². The van der Waals surface area contributed by atoms with E-state index >= 15 is 0 Å². The number of rotatable bonds is 3. The Labute approximate surface area is 122 Å². The van der Waals surface area contributed by atoms with Crippen molar-refractivity contribution in [2.45, 2.75) is 13.3 Å². The summed E-state index contributed by atoms with van der Waals surface area (Å²) in [5, 5.41) is 2.25. The molecule has 0 bridgehead atoms. The lowest BCUT2D eigenvalue weighted by atomic mass is 9.99. The van der Waals surface area contributed by atoms with Gasteiger partial charge in [-0.05, 0) is 42.0 Å². The molecule has 104 valence electrons. The van der Waals surface area contributed by atoms with Crippen molar-refractivity contribution >= 4 is 16.7 Å². The van der Waals surface area contributed by atoms with E-state index in [0.29, 0.717) is 12.0 Å². The average molecular weight is 277 g/mol. The maximum absolute atomic E-state index is 11.5. The molecule has 4 heteroatoms. The Balaban J connectivity index is 2.00. The van der Waals surface area contributed by atoms with Gasteiger partial charge in [-0.15, -0.1) is 0 Å². The molecule has 2 heterocycles. The number of primary amides is 1. The number of aryl methyl sites for hydroxylation is 1. The van der Waals surface area contributed by atoms with Crippen LogP contribution in [0.3, 0.4) is 0 Å². The Morgan fingerprint density at radius 2 is 2.00 bits per heavy atom. The summed E-state index contributed by atoms with van der Waals surface area (Å²) in [7, 11) is 0. The van der Waals surface area contributed by atoms with Crippen LogP contribution >= 0.6 is 0 Å². The highest BCUT2D eigenvalue weighted by molar-refractivity contribution is 5.94. The summed E-state index contributed by atoms with van der Waals surface area (Å²) in [6, 6.07) is 9.90. The third kappa shape index (κ3) is 2.74. The van der Waals surface area contributed by atoms with Crippen LogP contribution in [0.5, 0.6) is 0 Å². The number of aromatic nitrogens is 2. The first-order valence-electron chi connectivity index (χ1n) is 6.71. The van der Waals surface area contributed by atoms with Crippen molar-refractivity contribution in [3.05, 3.63) is 71.3 Å². The van der Waals surface area contributed by atoms with Gasteiger partial charge in [0.25, 0.3) is 0 Å². The van der Waals surface area contributed by atoms with Crippen LogP contribution in [0, 0.1) is 6.92 Å². The number of hydrogen-bond acceptors (Lipinski definition) is 3. The van der Waals surface area contributed by atoms with E-state index in [1.165, 1.54) is 0 Å². The number of hydrogen-bond donors (Lipinski definition) is 1. The molecule has 3 rings (SSSR count). The lowest BCUT2D eigenvalue weighted by Crippen LogP contribution is -2.14. The van der Waals surface area contributed by atoms with Gasteiger partial charge in [0.05, 0.1) is 0 Å². The molecule has 0 aliphatic carbocycles. The molecule has 0 saturated heterocycles. The maximum Gasteiger partial charge on any atom is 0.249 e. The second kappa shape index (κ2) is 5.32. The number of nitrogens with zero attached hydrogens (tertiary/aromatic N) is 2. The van der Waals surface area contributed by atoms with Gasteiger partial charge in [-0.25, -0.2) is 0 Å². The predicted octanol–water partition coefficient (Wildman–Crippen LogP) is 2.63. The Morgan fingerprint density at radius 1 is 1.14 bits per heavy atom. The minimum Gasteiger partial charge on any atom is -0.366 e. The van der Waals surface area contributed by atoms with Crippen LogP contribution in [0.1, 0.15) is 27.2 Å². The molecule has 1 aromatic carbocycles. The van der Waals surface area contributed by atoms with E-state index in [-0.39, 0.29) is 0 Å². The Hall–Kier alpha value is -2.75. The predicted molar refractivity (Wildman–Crippen MR) is 82.0 cm³/mol. The molecule has 0 aliphatic heterocycles. The SMILES string of the molecule is Cc1cc2cc(Cc3cnccc3C(N)=O)ccc2cn1. The van der Waals surface area contributed by atoms with Crippen molar-refractivity contribution in [3.8, 4) is 0 Å². The topological polar surface area (TPSA) is 68.9 Å². The zero-order chi connectivity index (χ0) is 14.8. The van der Waals surface area contributed by atoms with Gasteiger partial charge >= 0.3 is 0 Å². The molecule has 1 amide bonds. The fraction of sp³-hybridized carbons (Fsp3) is 0.118. The van der Waals surface area contributed by atoms with Crippen molar-refractivity contribution in [3.63, 3.8) is 0 Å². The second-order valence-corrected chi connectivity index (χ2v) is 5.08. The van der Waals surface area contributed by atoms with Crippen LogP contribution in [0.4, 0.5) is 0 Å². The molecule has 2 N–H and O–H groups in total. The molecular formula is C17H15N3O. The molecule has 0 saturated carbocycles. The maximum atomic E-state index is 11.5. The molecule has 2 aromatic heterocycles. The number of carbonyl (C=O) groups excluding carboxylic acids is 1. The monoisotopic (exact) mass is 277 g/mol. The summed E-state index contributed by atoms with van der Waals surface area (Å²) in [6.07, 6.45) is 5.78.